The number of anilines is 1. The van der Waals surface area contributed by atoms with Crippen LogP contribution in [0.4, 0.5) is 5.69 Å². The number of benzene rings is 1. The van der Waals surface area contributed by atoms with E-state index >= 15 is 0 Å². The highest BCUT2D eigenvalue weighted by molar-refractivity contribution is 5.94. The summed E-state index contributed by atoms with van der Waals surface area (Å²) < 4.78 is 0. The first-order chi connectivity index (χ1) is 7.62. The van der Waals surface area contributed by atoms with E-state index in [1.54, 1.807) is 11.8 Å². The Morgan fingerprint density at radius 3 is 2.81 bits per heavy atom. The molecule has 1 aliphatic carbocycles. The van der Waals surface area contributed by atoms with Gasteiger partial charge in [-0.05, 0) is 36.5 Å². The lowest BCUT2D eigenvalue weighted by molar-refractivity contribution is -0.116. The molecule has 0 saturated heterocycles. The fourth-order valence-corrected chi connectivity index (χ4v) is 2.59. The second-order valence-electron chi connectivity index (χ2n) is 4.76. The van der Waals surface area contributed by atoms with Gasteiger partial charge in [-0.15, -0.1) is 0 Å². The monoisotopic (exact) mass is 217 g/mol. The summed E-state index contributed by atoms with van der Waals surface area (Å²) in [7, 11) is 0. The second-order valence-corrected chi connectivity index (χ2v) is 4.76. The maximum absolute atomic E-state index is 11.4. The van der Waals surface area contributed by atoms with Gasteiger partial charge in [-0.1, -0.05) is 12.1 Å². The van der Waals surface area contributed by atoms with Gasteiger partial charge in [0.25, 0.3) is 0 Å². The van der Waals surface area contributed by atoms with Gasteiger partial charge in [0.05, 0.1) is 5.60 Å². The van der Waals surface area contributed by atoms with Gasteiger partial charge < -0.3 is 10.0 Å². The Morgan fingerprint density at radius 2 is 2.19 bits per heavy atom. The molecule has 1 heterocycles. The lowest BCUT2D eigenvalue weighted by atomic mass is 9.98. The molecular formula is C13H15NO2. The average molecular weight is 217 g/mol. The third kappa shape index (κ3) is 1.28. The summed E-state index contributed by atoms with van der Waals surface area (Å²) >= 11 is 0. The van der Waals surface area contributed by atoms with E-state index in [4.69, 9.17) is 0 Å². The van der Waals surface area contributed by atoms with Crippen molar-refractivity contribution in [3.8, 4) is 0 Å². The molecule has 1 fully saturated rings. The van der Waals surface area contributed by atoms with Gasteiger partial charge >= 0.3 is 0 Å². The van der Waals surface area contributed by atoms with Crippen molar-refractivity contribution in [3.05, 3.63) is 29.3 Å². The standard InChI is InChI=1S/C13H15NO2/c1-9(15)14-8-5-10-11(13(16)6-7-13)3-2-4-12(10)14/h2-4,16H,5-8H2,1H3. The smallest absolute Gasteiger partial charge is 0.223 e. The Balaban J connectivity index is 2.09. The van der Waals surface area contributed by atoms with Crippen LogP contribution in [-0.2, 0) is 16.8 Å². The van der Waals surface area contributed by atoms with Gasteiger partial charge in [0.2, 0.25) is 5.91 Å². The summed E-state index contributed by atoms with van der Waals surface area (Å²) in [6.07, 6.45) is 2.57. The minimum atomic E-state index is -0.599. The topological polar surface area (TPSA) is 40.5 Å². The van der Waals surface area contributed by atoms with Crippen LogP contribution in [0.25, 0.3) is 0 Å². The van der Waals surface area contributed by atoms with Crippen molar-refractivity contribution in [2.45, 2.75) is 31.8 Å². The average Bonchev–Trinajstić information content (AvgIpc) is 2.85. The molecule has 1 aromatic rings. The SMILES string of the molecule is CC(=O)N1CCc2c1cccc2C1(O)CC1. The molecular weight excluding hydrogens is 202 g/mol. The number of fused-ring (bicyclic) bond motifs is 1. The first-order valence-corrected chi connectivity index (χ1v) is 5.75. The number of rotatable bonds is 1. The van der Waals surface area contributed by atoms with Crippen molar-refractivity contribution in [2.24, 2.45) is 0 Å². The van der Waals surface area contributed by atoms with Crippen LogP contribution < -0.4 is 4.90 Å². The third-order valence-corrected chi connectivity index (χ3v) is 3.63. The lowest BCUT2D eigenvalue weighted by Crippen LogP contribution is -2.25. The van der Waals surface area contributed by atoms with E-state index < -0.39 is 5.60 Å². The van der Waals surface area contributed by atoms with E-state index in [0.717, 1.165) is 42.6 Å². The highest BCUT2D eigenvalue weighted by Crippen LogP contribution is 2.49. The summed E-state index contributed by atoms with van der Waals surface area (Å²) in [4.78, 5) is 13.2. The zero-order valence-electron chi connectivity index (χ0n) is 9.36. The molecule has 2 aliphatic rings. The Morgan fingerprint density at radius 1 is 1.44 bits per heavy atom. The van der Waals surface area contributed by atoms with Crippen molar-refractivity contribution < 1.29 is 9.90 Å². The molecule has 0 atom stereocenters. The first kappa shape index (κ1) is 9.85. The van der Waals surface area contributed by atoms with Crippen molar-refractivity contribution >= 4 is 11.6 Å². The van der Waals surface area contributed by atoms with E-state index in [1.807, 2.05) is 18.2 Å². The maximum Gasteiger partial charge on any atom is 0.223 e. The van der Waals surface area contributed by atoms with Crippen LogP contribution in [-0.4, -0.2) is 17.6 Å². The van der Waals surface area contributed by atoms with Crippen molar-refractivity contribution in [1.82, 2.24) is 0 Å². The number of hydrogen-bond acceptors (Lipinski definition) is 2. The molecule has 1 amide bonds. The van der Waals surface area contributed by atoms with Crippen LogP contribution in [0.1, 0.15) is 30.9 Å². The minimum absolute atomic E-state index is 0.0821. The van der Waals surface area contributed by atoms with Crippen molar-refractivity contribution in [3.63, 3.8) is 0 Å². The molecule has 0 unspecified atom stereocenters. The normalized spacial score (nSPS) is 20.8. The van der Waals surface area contributed by atoms with Gasteiger partial charge in [-0.3, -0.25) is 4.79 Å². The molecule has 3 heteroatoms. The maximum atomic E-state index is 11.4. The van der Waals surface area contributed by atoms with Gasteiger partial charge in [-0.2, -0.15) is 0 Å². The molecule has 3 rings (SSSR count). The first-order valence-electron chi connectivity index (χ1n) is 5.75. The Labute approximate surface area is 94.7 Å². The fourth-order valence-electron chi connectivity index (χ4n) is 2.59. The highest BCUT2D eigenvalue weighted by Gasteiger charge is 2.44. The number of nitrogens with zero attached hydrogens (tertiary/aromatic N) is 1. The number of hydrogen-bond donors (Lipinski definition) is 1. The van der Waals surface area contributed by atoms with Crippen molar-refractivity contribution in [2.75, 3.05) is 11.4 Å². The molecule has 3 nitrogen and oxygen atoms in total. The number of carbonyl (C=O) groups is 1. The molecule has 16 heavy (non-hydrogen) atoms. The van der Waals surface area contributed by atoms with Gasteiger partial charge in [0, 0.05) is 19.2 Å². The van der Waals surface area contributed by atoms with Crippen LogP contribution in [0, 0.1) is 0 Å². The van der Waals surface area contributed by atoms with Crippen LogP contribution in [0.2, 0.25) is 0 Å². The van der Waals surface area contributed by atoms with Gasteiger partial charge in [0.1, 0.15) is 0 Å². The fraction of sp³-hybridized carbons (Fsp3) is 0.462. The quantitative estimate of drug-likeness (QED) is 0.775. The van der Waals surface area contributed by atoms with E-state index in [1.165, 1.54) is 0 Å². The molecule has 0 bridgehead atoms. The molecule has 84 valence electrons. The number of carbonyl (C=O) groups excluding carboxylic acids is 1. The van der Waals surface area contributed by atoms with E-state index in [-0.39, 0.29) is 5.91 Å². The molecule has 1 N–H and O–H groups in total. The molecule has 1 saturated carbocycles. The lowest BCUT2D eigenvalue weighted by Gasteiger charge is -2.17. The number of aliphatic hydroxyl groups is 1. The molecule has 0 aromatic heterocycles. The van der Waals surface area contributed by atoms with E-state index in [0.29, 0.717) is 0 Å². The highest BCUT2D eigenvalue weighted by atomic mass is 16.3. The van der Waals surface area contributed by atoms with Crippen LogP contribution in [0.5, 0.6) is 0 Å². The van der Waals surface area contributed by atoms with E-state index in [2.05, 4.69) is 0 Å². The molecule has 0 radical (unpaired) electrons. The summed E-state index contributed by atoms with van der Waals surface area (Å²) in [5, 5.41) is 10.2. The summed E-state index contributed by atoms with van der Waals surface area (Å²) in [6, 6.07) is 5.90. The third-order valence-electron chi connectivity index (χ3n) is 3.63. The van der Waals surface area contributed by atoms with E-state index in [9.17, 15) is 9.90 Å². The Hall–Kier alpha value is -1.35. The predicted molar refractivity (Wildman–Crippen MR) is 61.3 cm³/mol. The minimum Gasteiger partial charge on any atom is -0.385 e. The summed E-state index contributed by atoms with van der Waals surface area (Å²) in [5.74, 6) is 0.0821. The van der Waals surface area contributed by atoms with Crippen LogP contribution >= 0.6 is 0 Å². The molecule has 1 aromatic carbocycles. The van der Waals surface area contributed by atoms with Gasteiger partial charge in [0.15, 0.2) is 0 Å². The Kier molecular flexibility index (Phi) is 1.89. The molecule has 0 spiro atoms. The summed E-state index contributed by atoms with van der Waals surface area (Å²) in [6.45, 7) is 2.34. The number of amides is 1. The van der Waals surface area contributed by atoms with Crippen LogP contribution in [0.15, 0.2) is 18.2 Å². The van der Waals surface area contributed by atoms with Crippen LogP contribution in [0.3, 0.4) is 0 Å². The second kappa shape index (κ2) is 3.08. The zero-order valence-corrected chi connectivity index (χ0v) is 9.36. The van der Waals surface area contributed by atoms with Crippen molar-refractivity contribution in [1.29, 1.82) is 0 Å². The molecule has 1 aliphatic heterocycles. The van der Waals surface area contributed by atoms with Gasteiger partial charge in [-0.25, -0.2) is 0 Å². The summed E-state index contributed by atoms with van der Waals surface area (Å²) in [5.41, 5.74) is 2.59. The Bertz CT molecular complexity index is 463. The predicted octanol–water partition coefficient (Wildman–Crippen LogP) is 1.58. The largest absolute Gasteiger partial charge is 0.385 e. The zero-order chi connectivity index (χ0) is 11.3.